The van der Waals surface area contributed by atoms with E-state index in [1.165, 1.54) is 77.0 Å². The van der Waals surface area contributed by atoms with Crippen LogP contribution in [0.4, 0.5) is 0 Å². The number of rotatable bonds is 45. The molecule has 6 nitrogen and oxygen atoms in total. The van der Waals surface area contributed by atoms with E-state index in [1.54, 1.807) is 0 Å². The summed E-state index contributed by atoms with van der Waals surface area (Å²) in [7, 11) is 0. The lowest BCUT2D eigenvalue weighted by Crippen LogP contribution is -2.46. The molecule has 0 aromatic carbocycles. The molecule has 0 bridgehead atoms. The second-order valence-electron chi connectivity index (χ2n) is 17.3. The van der Waals surface area contributed by atoms with Crippen molar-refractivity contribution in [3.63, 3.8) is 0 Å². The second kappa shape index (κ2) is 49.1. The molecule has 62 heavy (non-hydrogen) atoms. The van der Waals surface area contributed by atoms with Crippen LogP contribution in [0.25, 0.3) is 0 Å². The van der Waals surface area contributed by atoms with E-state index in [2.05, 4.69) is 86.8 Å². The zero-order chi connectivity index (χ0) is 45.2. The van der Waals surface area contributed by atoms with Crippen LogP contribution in [-0.2, 0) is 14.3 Å². The Kier molecular flexibility index (Phi) is 46.7. The molecule has 0 aromatic rings. The van der Waals surface area contributed by atoms with Crippen LogP contribution in [0.3, 0.4) is 0 Å². The molecule has 0 aliphatic rings. The van der Waals surface area contributed by atoms with Crippen molar-refractivity contribution in [2.75, 3.05) is 6.61 Å². The summed E-state index contributed by atoms with van der Waals surface area (Å²) < 4.78 is 5.92. The molecular formula is C56H97NO5. The lowest BCUT2D eigenvalue weighted by molar-refractivity contribution is -0.151. The van der Waals surface area contributed by atoms with Crippen LogP contribution >= 0.6 is 0 Å². The first kappa shape index (κ1) is 59.0. The van der Waals surface area contributed by atoms with Gasteiger partial charge in [0.1, 0.15) is 6.10 Å². The maximum atomic E-state index is 13.2. The molecule has 0 saturated carbocycles. The fourth-order valence-corrected chi connectivity index (χ4v) is 7.44. The van der Waals surface area contributed by atoms with Crippen molar-refractivity contribution < 1.29 is 24.5 Å². The number of carbonyl (C=O) groups is 2. The lowest BCUT2D eigenvalue weighted by Gasteiger charge is -2.24. The fraction of sp³-hybridized carbons (Fsp3) is 0.714. The monoisotopic (exact) mass is 864 g/mol. The minimum atomic E-state index is -0.800. The van der Waals surface area contributed by atoms with E-state index in [0.717, 1.165) is 109 Å². The molecule has 0 rings (SSSR count). The maximum Gasteiger partial charge on any atom is 0.306 e. The van der Waals surface area contributed by atoms with E-state index in [-0.39, 0.29) is 24.9 Å². The van der Waals surface area contributed by atoms with Gasteiger partial charge in [-0.1, -0.05) is 234 Å². The van der Waals surface area contributed by atoms with Crippen LogP contribution in [0.1, 0.15) is 233 Å². The highest BCUT2D eigenvalue weighted by molar-refractivity contribution is 5.77. The van der Waals surface area contributed by atoms with Crippen LogP contribution in [0.5, 0.6) is 0 Å². The number of carbonyl (C=O) groups excluding carboxylic acids is 2. The van der Waals surface area contributed by atoms with Gasteiger partial charge in [-0.3, -0.25) is 9.59 Å². The normalized spacial score (nSPS) is 14.0. The van der Waals surface area contributed by atoms with E-state index in [9.17, 15) is 19.8 Å². The van der Waals surface area contributed by atoms with Gasteiger partial charge in [0.15, 0.2) is 0 Å². The predicted octanol–water partition coefficient (Wildman–Crippen LogP) is 15.6. The van der Waals surface area contributed by atoms with Crippen LogP contribution < -0.4 is 5.32 Å². The van der Waals surface area contributed by atoms with Crippen molar-refractivity contribution >= 4 is 11.9 Å². The highest BCUT2D eigenvalue weighted by atomic mass is 16.5. The molecule has 3 atom stereocenters. The average molecular weight is 864 g/mol. The van der Waals surface area contributed by atoms with Gasteiger partial charge >= 0.3 is 5.97 Å². The van der Waals surface area contributed by atoms with Crippen molar-refractivity contribution in [3.05, 3.63) is 85.1 Å². The molecule has 3 N–H and O–H groups in total. The number of ether oxygens (including phenoxy) is 1. The summed E-state index contributed by atoms with van der Waals surface area (Å²) in [6.07, 6.45) is 63.5. The second-order valence-corrected chi connectivity index (χ2v) is 17.3. The largest absolute Gasteiger partial charge is 0.462 e. The summed E-state index contributed by atoms with van der Waals surface area (Å²) in [5, 5.41) is 23.8. The zero-order valence-electron chi connectivity index (χ0n) is 40.5. The maximum absolute atomic E-state index is 13.2. The number of aliphatic hydroxyl groups is 2. The van der Waals surface area contributed by atoms with E-state index in [0.29, 0.717) is 19.3 Å². The molecule has 0 heterocycles. The van der Waals surface area contributed by atoms with Crippen LogP contribution in [0, 0.1) is 0 Å². The SMILES string of the molecule is CC/C=C/C/C=C/CCCCCCCC(CC(=O)NC(CO)C(O)CCCCCCCCCCCCCCC)OC(=O)CCCCCCC/C=C/C=C/C=C/C=C/C=C/CCC. The van der Waals surface area contributed by atoms with Crippen molar-refractivity contribution in [3.8, 4) is 0 Å². The molecule has 3 unspecified atom stereocenters. The van der Waals surface area contributed by atoms with E-state index in [4.69, 9.17) is 4.74 Å². The molecular weight excluding hydrogens is 767 g/mol. The molecule has 0 fully saturated rings. The van der Waals surface area contributed by atoms with Gasteiger partial charge in [-0.25, -0.2) is 0 Å². The Bertz CT molecular complexity index is 1200. The molecule has 0 spiro atoms. The summed E-state index contributed by atoms with van der Waals surface area (Å²) >= 11 is 0. The summed E-state index contributed by atoms with van der Waals surface area (Å²) in [4.78, 5) is 26.1. The Morgan fingerprint density at radius 2 is 0.968 bits per heavy atom. The topological polar surface area (TPSA) is 95.9 Å². The minimum absolute atomic E-state index is 0.0533. The van der Waals surface area contributed by atoms with Crippen molar-refractivity contribution in [2.45, 2.75) is 251 Å². The Morgan fingerprint density at radius 3 is 1.52 bits per heavy atom. The number of nitrogens with one attached hydrogen (secondary N) is 1. The number of allylic oxidation sites excluding steroid dienone is 14. The first-order valence-corrected chi connectivity index (χ1v) is 25.9. The fourth-order valence-electron chi connectivity index (χ4n) is 7.44. The first-order chi connectivity index (χ1) is 30.5. The number of aliphatic hydroxyl groups excluding tert-OH is 2. The molecule has 0 aliphatic heterocycles. The highest BCUT2D eigenvalue weighted by Crippen LogP contribution is 2.17. The first-order valence-electron chi connectivity index (χ1n) is 25.9. The Labute approximate surface area is 383 Å². The van der Waals surface area contributed by atoms with Gasteiger partial charge in [0.25, 0.3) is 0 Å². The molecule has 1 amide bonds. The summed E-state index contributed by atoms with van der Waals surface area (Å²) in [6.45, 7) is 6.27. The Balaban J connectivity index is 4.63. The standard InChI is InChI=1S/C56H97NO5/c1-4-7-10-13-16-19-22-25-26-27-28-29-31-34-37-40-43-46-49-56(61)62-52(47-44-41-38-35-32-24-21-18-15-12-9-6-3)50-55(60)57-53(51-58)54(59)48-45-42-39-36-33-30-23-20-17-14-11-8-5-2/h9-10,12-13,16,18-19,21-22,25-29,52-54,58-59H,4-8,11,14-15,17,20,23-24,30-51H2,1-3H3,(H,57,60)/b12-9+,13-10+,19-16+,21-18+,25-22+,27-26+,29-28+. The summed E-state index contributed by atoms with van der Waals surface area (Å²) in [6, 6.07) is -0.715. The number of hydrogen-bond donors (Lipinski definition) is 3. The zero-order valence-corrected chi connectivity index (χ0v) is 40.5. The molecule has 0 saturated heterocycles. The molecule has 0 radical (unpaired) electrons. The van der Waals surface area contributed by atoms with Crippen molar-refractivity contribution in [2.24, 2.45) is 0 Å². The lowest BCUT2D eigenvalue weighted by atomic mass is 10.0. The van der Waals surface area contributed by atoms with Crippen LogP contribution in [0.15, 0.2) is 85.1 Å². The Hall–Kier alpha value is -2.96. The van der Waals surface area contributed by atoms with Gasteiger partial charge < -0.3 is 20.3 Å². The third-order valence-corrected chi connectivity index (χ3v) is 11.3. The number of amides is 1. The van der Waals surface area contributed by atoms with Gasteiger partial charge in [-0.15, -0.1) is 0 Å². The van der Waals surface area contributed by atoms with E-state index in [1.807, 2.05) is 24.3 Å². The molecule has 356 valence electrons. The number of hydrogen-bond acceptors (Lipinski definition) is 5. The van der Waals surface area contributed by atoms with E-state index >= 15 is 0 Å². The number of unbranched alkanes of at least 4 members (excludes halogenated alkanes) is 23. The quantitative estimate of drug-likeness (QED) is 0.0245. The van der Waals surface area contributed by atoms with Gasteiger partial charge in [0.05, 0.1) is 25.2 Å². The molecule has 0 aromatic heterocycles. The Morgan fingerprint density at radius 1 is 0.500 bits per heavy atom. The van der Waals surface area contributed by atoms with Crippen molar-refractivity contribution in [1.29, 1.82) is 0 Å². The molecule has 0 aliphatic carbocycles. The smallest absolute Gasteiger partial charge is 0.306 e. The van der Waals surface area contributed by atoms with Gasteiger partial charge in [0, 0.05) is 6.42 Å². The summed E-state index contributed by atoms with van der Waals surface area (Å²) in [5.74, 6) is -0.521. The van der Waals surface area contributed by atoms with Crippen LogP contribution in [-0.4, -0.2) is 46.9 Å². The molecule has 6 heteroatoms. The summed E-state index contributed by atoms with van der Waals surface area (Å²) in [5.41, 5.74) is 0. The van der Waals surface area contributed by atoms with Gasteiger partial charge in [-0.05, 0) is 70.6 Å². The highest BCUT2D eigenvalue weighted by Gasteiger charge is 2.24. The predicted molar refractivity (Wildman–Crippen MR) is 268 cm³/mol. The van der Waals surface area contributed by atoms with Gasteiger partial charge in [-0.2, -0.15) is 0 Å². The third kappa shape index (κ3) is 43.7. The number of esters is 1. The van der Waals surface area contributed by atoms with Crippen LogP contribution in [0.2, 0.25) is 0 Å². The third-order valence-electron chi connectivity index (χ3n) is 11.3. The average Bonchev–Trinajstić information content (AvgIpc) is 3.26. The van der Waals surface area contributed by atoms with E-state index < -0.39 is 18.2 Å². The van der Waals surface area contributed by atoms with Crippen molar-refractivity contribution in [1.82, 2.24) is 5.32 Å². The van der Waals surface area contributed by atoms with Gasteiger partial charge in [0.2, 0.25) is 5.91 Å². The minimum Gasteiger partial charge on any atom is -0.462 e.